The van der Waals surface area contributed by atoms with Gasteiger partial charge in [-0.05, 0) is 36.6 Å². The zero-order valence-corrected chi connectivity index (χ0v) is 12.6. The molecule has 5 heteroatoms. The minimum Gasteiger partial charge on any atom is -0.366 e. The maximum Gasteiger partial charge on any atom is 0.224 e. The maximum atomic E-state index is 12.9. The molecule has 0 spiro atoms. The smallest absolute Gasteiger partial charge is 0.224 e. The van der Waals surface area contributed by atoms with Crippen molar-refractivity contribution in [2.45, 2.75) is 44.7 Å². The molecule has 116 valence electrons. The lowest BCUT2D eigenvalue weighted by Gasteiger charge is -2.22. The summed E-state index contributed by atoms with van der Waals surface area (Å²) >= 11 is 0. The predicted molar refractivity (Wildman–Crippen MR) is 86.3 cm³/mol. The van der Waals surface area contributed by atoms with E-state index in [4.69, 9.17) is 0 Å². The summed E-state index contributed by atoms with van der Waals surface area (Å²) in [4.78, 5) is 8.78. The first-order valence-electron chi connectivity index (χ1n) is 7.87. The van der Waals surface area contributed by atoms with Crippen molar-refractivity contribution in [3.63, 3.8) is 0 Å². The highest BCUT2D eigenvalue weighted by Gasteiger charge is 2.14. The number of hydrogen-bond acceptors (Lipinski definition) is 4. The van der Waals surface area contributed by atoms with Crippen LogP contribution >= 0.6 is 0 Å². The molecule has 2 N–H and O–H groups in total. The SMILES string of the molecule is Fc1ccc(CNc2ccnc(NC3CCCCC3)n2)cc1. The third-order valence-corrected chi connectivity index (χ3v) is 3.98. The van der Waals surface area contributed by atoms with Gasteiger partial charge in [-0.3, -0.25) is 0 Å². The first-order valence-corrected chi connectivity index (χ1v) is 7.87. The maximum absolute atomic E-state index is 12.9. The number of anilines is 2. The molecule has 3 rings (SSSR count). The van der Waals surface area contributed by atoms with Crippen LogP contribution in [0.2, 0.25) is 0 Å². The molecule has 0 saturated heterocycles. The van der Waals surface area contributed by atoms with Gasteiger partial charge in [-0.15, -0.1) is 0 Å². The molecule has 1 saturated carbocycles. The van der Waals surface area contributed by atoms with Gasteiger partial charge in [0, 0.05) is 18.8 Å². The van der Waals surface area contributed by atoms with Crippen LogP contribution in [0.1, 0.15) is 37.7 Å². The summed E-state index contributed by atoms with van der Waals surface area (Å²) in [6, 6.07) is 8.80. The van der Waals surface area contributed by atoms with Crippen molar-refractivity contribution >= 4 is 11.8 Å². The van der Waals surface area contributed by atoms with Gasteiger partial charge in [-0.25, -0.2) is 9.37 Å². The first kappa shape index (κ1) is 14.8. The van der Waals surface area contributed by atoms with Crippen molar-refractivity contribution < 1.29 is 4.39 Å². The van der Waals surface area contributed by atoms with Crippen molar-refractivity contribution in [1.29, 1.82) is 0 Å². The second-order valence-corrected chi connectivity index (χ2v) is 5.72. The van der Waals surface area contributed by atoms with Gasteiger partial charge in [0.05, 0.1) is 0 Å². The van der Waals surface area contributed by atoms with E-state index in [1.165, 1.54) is 44.2 Å². The Hall–Kier alpha value is -2.17. The van der Waals surface area contributed by atoms with E-state index in [1.807, 2.05) is 6.07 Å². The summed E-state index contributed by atoms with van der Waals surface area (Å²) in [5.41, 5.74) is 1.02. The summed E-state index contributed by atoms with van der Waals surface area (Å²) in [6.45, 7) is 0.611. The van der Waals surface area contributed by atoms with Gasteiger partial charge in [0.2, 0.25) is 5.95 Å². The second-order valence-electron chi connectivity index (χ2n) is 5.72. The molecule has 1 aliphatic carbocycles. The van der Waals surface area contributed by atoms with E-state index < -0.39 is 0 Å². The molecule has 22 heavy (non-hydrogen) atoms. The molecule has 1 heterocycles. The summed E-state index contributed by atoms with van der Waals surface area (Å²) in [5.74, 6) is 1.23. The average molecular weight is 300 g/mol. The molecule has 0 amide bonds. The fourth-order valence-electron chi connectivity index (χ4n) is 2.75. The van der Waals surface area contributed by atoms with Crippen molar-refractivity contribution in [1.82, 2.24) is 9.97 Å². The van der Waals surface area contributed by atoms with E-state index in [9.17, 15) is 4.39 Å². The van der Waals surface area contributed by atoms with Crippen LogP contribution < -0.4 is 10.6 Å². The van der Waals surface area contributed by atoms with Gasteiger partial charge in [0.15, 0.2) is 0 Å². The molecule has 0 radical (unpaired) electrons. The minimum absolute atomic E-state index is 0.218. The molecule has 0 bridgehead atoms. The Kier molecular flexibility index (Phi) is 4.83. The van der Waals surface area contributed by atoms with E-state index in [-0.39, 0.29) is 5.82 Å². The van der Waals surface area contributed by atoms with E-state index in [1.54, 1.807) is 18.3 Å². The zero-order valence-electron chi connectivity index (χ0n) is 12.6. The average Bonchev–Trinajstić information content (AvgIpc) is 2.56. The molecule has 0 atom stereocenters. The Bertz CT molecular complexity index is 594. The fraction of sp³-hybridized carbons (Fsp3) is 0.412. The molecule has 1 fully saturated rings. The van der Waals surface area contributed by atoms with Gasteiger partial charge < -0.3 is 10.6 Å². The second kappa shape index (κ2) is 7.20. The molecular formula is C17H21FN4. The minimum atomic E-state index is -0.218. The summed E-state index contributed by atoms with van der Waals surface area (Å²) in [6.07, 6.45) is 8.02. The van der Waals surface area contributed by atoms with Crippen LogP contribution in [0, 0.1) is 5.82 Å². The topological polar surface area (TPSA) is 49.8 Å². The number of benzene rings is 1. The van der Waals surface area contributed by atoms with Crippen LogP contribution in [0.25, 0.3) is 0 Å². The Balaban J connectivity index is 1.57. The van der Waals surface area contributed by atoms with Crippen LogP contribution in [0.15, 0.2) is 36.5 Å². The van der Waals surface area contributed by atoms with Crippen LogP contribution in [-0.2, 0) is 6.54 Å². The number of halogens is 1. The van der Waals surface area contributed by atoms with Crippen molar-refractivity contribution in [3.8, 4) is 0 Å². The predicted octanol–water partition coefficient (Wildman–Crippen LogP) is 3.97. The van der Waals surface area contributed by atoms with Gasteiger partial charge in [0.25, 0.3) is 0 Å². The highest BCUT2D eigenvalue weighted by atomic mass is 19.1. The number of hydrogen-bond donors (Lipinski definition) is 2. The lowest BCUT2D eigenvalue weighted by atomic mass is 9.96. The highest BCUT2D eigenvalue weighted by molar-refractivity contribution is 5.40. The molecular weight excluding hydrogens is 279 g/mol. The number of rotatable bonds is 5. The quantitative estimate of drug-likeness (QED) is 0.877. The Labute approximate surface area is 130 Å². The third-order valence-electron chi connectivity index (χ3n) is 3.98. The first-order chi connectivity index (χ1) is 10.8. The molecule has 1 aliphatic rings. The molecule has 0 aliphatic heterocycles. The van der Waals surface area contributed by atoms with Gasteiger partial charge >= 0.3 is 0 Å². The van der Waals surface area contributed by atoms with Crippen molar-refractivity contribution in [2.75, 3.05) is 10.6 Å². The Morgan fingerprint density at radius 1 is 1.05 bits per heavy atom. The summed E-state index contributed by atoms with van der Waals surface area (Å²) < 4.78 is 12.9. The van der Waals surface area contributed by atoms with Crippen LogP contribution in [0.4, 0.5) is 16.2 Å². The van der Waals surface area contributed by atoms with E-state index >= 15 is 0 Å². The normalized spacial score (nSPS) is 15.5. The zero-order chi connectivity index (χ0) is 15.2. The summed E-state index contributed by atoms with van der Waals surface area (Å²) in [5, 5.41) is 6.66. The Morgan fingerprint density at radius 3 is 2.59 bits per heavy atom. The molecule has 0 unspecified atom stereocenters. The third kappa shape index (κ3) is 4.16. The van der Waals surface area contributed by atoms with Gasteiger partial charge in [0.1, 0.15) is 11.6 Å². The molecule has 1 aromatic carbocycles. The number of nitrogens with one attached hydrogen (secondary N) is 2. The lowest BCUT2D eigenvalue weighted by Crippen LogP contribution is -2.23. The van der Waals surface area contributed by atoms with Crippen LogP contribution in [0.5, 0.6) is 0 Å². The van der Waals surface area contributed by atoms with Crippen LogP contribution in [-0.4, -0.2) is 16.0 Å². The van der Waals surface area contributed by atoms with E-state index in [0.717, 1.165) is 11.4 Å². The van der Waals surface area contributed by atoms with E-state index in [2.05, 4.69) is 20.6 Å². The fourth-order valence-corrected chi connectivity index (χ4v) is 2.75. The Morgan fingerprint density at radius 2 is 1.82 bits per heavy atom. The molecule has 2 aromatic rings. The van der Waals surface area contributed by atoms with Gasteiger partial charge in [-0.2, -0.15) is 4.98 Å². The van der Waals surface area contributed by atoms with E-state index in [0.29, 0.717) is 18.5 Å². The van der Waals surface area contributed by atoms with Crippen molar-refractivity contribution in [2.24, 2.45) is 0 Å². The number of nitrogens with zero attached hydrogens (tertiary/aromatic N) is 2. The highest BCUT2D eigenvalue weighted by Crippen LogP contribution is 2.20. The van der Waals surface area contributed by atoms with Crippen LogP contribution in [0.3, 0.4) is 0 Å². The lowest BCUT2D eigenvalue weighted by molar-refractivity contribution is 0.461. The molecule has 1 aromatic heterocycles. The number of aromatic nitrogens is 2. The molecule has 4 nitrogen and oxygen atoms in total. The summed E-state index contributed by atoms with van der Waals surface area (Å²) in [7, 11) is 0. The van der Waals surface area contributed by atoms with Crippen molar-refractivity contribution in [3.05, 3.63) is 47.9 Å². The standard InChI is InChI=1S/C17H21FN4/c18-14-8-6-13(7-9-14)12-20-16-10-11-19-17(22-16)21-15-4-2-1-3-5-15/h6-11,15H,1-5,12H2,(H2,19,20,21,22). The van der Waals surface area contributed by atoms with Gasteiger partial charge in [-0.1, -0.05) is 31.4 Å². The monoisotopic (exact) mass is 300 g/mol. The largest absolute Gasteiger partial charge is 0.366 e.